The fourth-order valence-corrected chi connectivity index (χ4v) is 2.78. The van der Waals surface area contributed by atoms with Crippen LogP contribution in [0.5, 0.6) is 0 Å². The van der Waals surface area contributed by atoms with Crippen LogP contribution in [0.15, 0.2) is 24.3 Å². The Morgan fingerprint density at radius 1 is 1.07 bits per heavy atom. The van der Waals surface area contributed by atoms with E-state index in [1.165, 1.54) is 7.11 Å². The molecule has 0 aliphatic rings. The highest BCUT2D eigenvalue weighted by atomic mass is 19.4. The molecule has 0 spiro atoms. The van der Waals surface area contributed by atoms with E-state index in [9.17, 15) is 27.9 Å². The van der Waals surface area contributed by atoms with E-state index in [0.29, 0.717) is 12.8 Å². The molecule has 0 fully saturated rings. The Labute approximate surface area is 163 Å². The Hall–Kier alpha value is -2.09. The number of aliphatic hydroxyl groups is 1. The number of unbranched alkanes of at least 4 members (excludes halogenated alkanes) is 5. The molecule has 1 aromatic carbocycles. The van der Waals surface area contributed by atoms with E-state index in [1.54, 1.807) is 0 Å². The molecule has 158 valence electrons. The van der Waals surface area contributed by atoms with E-state index in [-0.39, 0.29) is 5.56 Å². The van der Waals surface area contributed by atoms with Gasteiger partial charge >= 0.3 is 12.1 Å². The summed E-state index contributed by atoms with van der Waals surface area (Å²) in [7, 11) is 1.20. The number of hydrogen-bond donors (Lipinski definition) is 2. The van der Waals surface area contributed by atoms with Crippen LogP contribution in [0.1, 0.15) is 69.1 Å². The molecule has 0 radical (unpaired) electrons. The fourth-order valence-electron chi connectivity index (χ4n) is 2.78. The van der Waals surface area contributed by atoms with Gasteiger partial charge in [0.15, 0.2) is 6.10 Å². The highest BCUT2D eigenvalue weighted by Gasteiger charge is 2.31. The second-order valence-corrected chi connectivity index (χ2v) is 6.66. The van der Waals surface area contributed by atoms with Crippen molar-refractivity contribution in [3.63, 3.8) is 0 Å². The summed E-state index contributed by atoms with van der Waals surface area (Å²) < 4.78 is 42.5. The Kier molecular flexibility index (Phi) is 9.99. The summed E-state index contributed by atoms with van der Waals surface area (Å²) in [6.07, 6.45) is 0.217. The van der Waals surface area contributed by atoms with Crippen LogP contribution in [0.25, 0.3) is 0 Å². The first kappa shape index (κ1) is 23.9. The van der Waals surface area contributed by atoms with E-state index < -0.39 is 35.8 Å². The maximum absolute atomic E-state index is 12.6. The summed E-state index contributed by atoms with van der Waals surface area (Å²) in [6, 6.07) is 2.75. The van der Waals surface area contributed by atoms with Crippen LogP contribution in [-0.4, -0.2) is 30.1 Å². The van der Waals surface area contributed by atoms with Gasteiger partial charge in [-0.1, -0.05) is 57.6 Å². The summed E-state index contributed by atoms with van der Waals surface area (Å²) in [5, 5.41) is 12.5. The average Bonchev–Trinajstić information content (AvgIpc) is 2.67. The SMILES string of the molecule is CCCCCCCC[C@H](NC(=O)[C@H](O)c1ccc(C(F)(F)F)cc1)C(=O)OC. The Morgan fingerprint density at radius 3 is 2.18 bits per heavy atom. The van der Waals surface area contributed by atoms with Crippen molar-refractivity contribution in [1.82, 2.24) is 5.32 Å². The maximum atomic E-state index is 12.6. The second-order valence-electron chi connectivity index (χ2n) is 6.66. The Morgan fingerprint density at radius 2 is 1.64 bits per heavy atom. The van der Waals surface area contributed by atoms with Crippen molar-refractivity contribution < 1.29 is 32.6 Å². The van der Waals surface area contributed by atoms with Gasteiger partial charge in [-0.05, 0) is 24.1 Å². The number of ether oxygens (including phenoxy) is 1. The zero-order valence-electron chi connectivity index (χ0n) is 16.2. The normalized spacial score (nSPS) is 13.6. The molecule has 2 N–H and O–H groups in total. The molecule has 1 rings (SSSR count). The van der Waals surface area contributed by atoms with E-state index in [2.05, 4.69) is 17.0 Å². The lowest BCUT2D eigenvalue weighted by atomic mass is 10.0. The van der Waals surface area contributed by atoms with Gasteiger partial charge in [-0.15, -0.1) is 0 Å². The molecule has 1 amide bonds. The maximum Gasteiger partial charge on any atom is 0.416 e. The minimum Gasteiger partial charge on any atom is -0.467 e. The molecule has 0 heterocycles. The molecule has 0 aliphatic heterocycles. The van der Waals surface area contributed by atoms with Crippen molar-refractivity contribution in [3.8, 4) is 0 Å². The number of carbonyl (C=O) groups excluding carboxylic acids is 2. The van der Waals surface area contributed by atoms with Crippen molar-refractivity contribution in [1.29, 1.82) is 0 Å². The quantitative estimate of drug-likeness (QED) is 0.430. The molecule has 1 aromatic rings. The van der Waals surface area contributed by atoms with E-state index in [4.69, 9.17) is 0 Å². The number of carbonyl (C=O) groups is 2. The largest absolute Gasteiger partial charge is 0.467 e. The molecular weight excluding hydrogens is 375 g/mol. The van der Waals surface area contributed by atoms with Crippen LogP contribution in [0.4, 0.5) is 13.2 Å². The number of hydrogen-bond acceptors (Lipinski definition) is 4. The summed E-state index contributed by atoms with van der Waals surface area (Å²) in [4.78, 5) is 24.1. The Bertz CT molecular complexity index is 617. The van der Waals surface area contributed by atoms with Crippen LogP contribution >= 0.6 is 0 Å². The van der Waals surface area contributed by atoms with Gasteiger partial charge in [-0.25, -0.2) is 4.79 Å². The number of rotatable bonds is 11. The molecule has 0 saturated heterocycles. The van der Waals surface area contributed by atoms with Crippen molar-refractivity contribution in [3.05, 3.63) is 35.4 Å². The van der Waals surface area contributed by atoms with Gasteiger partial charge in [0, 0.05) is 0 Å². The standard InChI is InChI=1S/C20H28F3NO4/c1-3-4-5-6-7-8-9-16(19(27)28-2)24-18(26)17(25)14-10-12-15(13-11-14)20(21,22)23/h10-13,16-17,25H,3-9H2,1-2H3,(H,24,26)/t16-,17+/m0/s1. The molecule has 2 atom stereocenters. The Balaban J connectivity index is 2.64. The summed E-state index contributed by atoms with van der Waals surface area (Å²) in [6.45, 7) is 2.12. The van der Waals surface area contributed by atoms with Crippen LogP contribution in [0, 0.1) is 0 Å². The molecule has 5 nitrogen and oxygen atoms in total. The summed E-state index contributed by atoms with van der Waals surface area (Å²) >= 11 is 0. The highest BCUT2D eigenvalue weighted by Crippen LogP contribution is 2.30. The number of benzene rings is 1. The van der Waals surface area contributed by atoms with Crippen molar-refractivity contribution >= 4 is 11.9 Å². The number of amides is 1. The zero-order valence-corrected chi connectivity index (χ0v) is 16.2. The first-order valence-corrected chi connectivity index (χ1v) is 9.44. The monoisotopic (exact) mass is 403 g/mol. The molecule has 0 bridgehead atoms. The first-order valence-electron chi connectivity index (χ1n) is 9.44. The fraction of sp³-hybridized carbons (Fsp3) is 0.600. The van der Waals surface area contributed by atoms with E-state index >= 15 is 0 Å². The lowest BCUT2D eigenvalue weighted by Gasteiger charge is -2.19. The van der Waals surface area contributed by atoms with Gasteiger partial charge in [0.05, 0.1) is 12.7 Å². The van der Waals surface area contributed by atoms with Gasteiger partial charge < -0.3 is 15.2 Å². The second kappa shape index (κ2) is 11.7. The number of nitrogens with one attached hydrogen (secondary N) is 1. The third-order valence-corrected chi connectivity index (χ3v) is 4.45. The van der Waals surface area contributed by atoms with Gasteiger partial charge in [0.2, 0.25) is 0 Å². The molecule has 0 aliphatic carbocycles. The van der Waals surface area contributed by atoms with E-state index in [1.807, 2.05) is 0 Å². The van der Waals surface area contributed by atoms with Crippen LogP contribution in [0.3, 0.4) is 0 Å². The third kappa shape index (κ3) is 7.88. The van der Waals surface area contributed by atoms with Gasteiger partial charge in [-0.2, -0.15) is 13.2 Å². The predicted octanol–water partition coefficient (Wildman–Crippen LogP) is 4.15. The van der Waals surface area contributed by atoms with Crippen molar-refractivity contribution in [2.75, 3.05) is 7.11 Å². The van der Waals surface area contributed by atoms with Crippen molar-refractivity contribution in [2.45, 2.75) is 70.2 Å². The third-order valence-electron chi connectivity index (χ3n) is 4.45. The number of halogens is 3. The lowest BCUT2D eigenvalue weighted by molar-refractivity contribution is -0.146. The number of esters is 1. The summed E-state index contributed by atoms with van der Waals surface area (Å²) in [5.41, 5.74) is -0.868. The lowest BCUT2D eigenvalue weighted by Crippen LogP contribution is -2.43. The summed E-state index contributed by atoms with van der Waals surface area (Å²) in [5.74, 6) is -1.48. The molecule has 0 aromatic heterocycles. The highest BCUT2D eigenvalue weighted by molar-refractivity contribution is 5.87. The first-order chi connectivity index (χ1) is 13.2. The van der Waals surface area contributed by atoms with Crippen LogP contribution < -0.4 is 5.32 Å². The number of alkyl halides is 3. The van der Waals surface area contributed by atoms with Crippen molar-refractivity contribution in [2.24, 2.45) is 0 Å². The predicted molar refractivity (Wildman–Crippen MR) is 98.3 cm³/mol. The van der Waals surface area contributed by atoms with E-state index in [0.717, 1.165) is 56.4 Å². The molecule has 0 saturated carbocycles. The number of methoxy groups -OCH3 is 1. The minimum absolute atomic E-state index is 0.00804. The minimum atomic E-state index is -4.50. The van der Waals surface area contributed by atoms with Gasteiger partial charge in [0.1, 0.15) is 6.04 Å². The average molecular weight is 403 g/mol. The van der Waals surface area contributed by atoms with Gasteiger partial charge in [-0.3, -0.25) is 4.79 Å². The van der Waals surface area contributed by atoms with Crippen LogP contribution in [0.2, 0.25) is 0 Å². The zero-order chi connectivity index (χ0) is 21.2. The smallest absolute Gasteiger partial charge is 0.416 e. The van der Waals surface area contributed by atoms with Crippen LogP contribution in [-0.2, 0) is 20.5 Å². The topological polar surface area (TPSA) is 75.6 Å². The molecular formula is C20H28F3NO4. The molecule has 28 heavy (non-hydrogen) atoms. The molecule has 0 unspecified atom stereocenters. The number of aliphatic hydroxyl groups excluding tert-OH is 1. The van der Waals surface area contributed by atoms with Gasteiger partial charge in [0.25, 0.3) is 5.91 Å². The molecule has 8 heteroatoms.